The van der Waals surface area contributed by atoms with Crippen LogP contribution >= 0.6 is 0 Å². The summed E-state index contributed by atoms with van der Waals surface area (Å²) < 4.78 is 10.8. The van der Waals surface area contributed by atoms with Gasteiger partial charge in [-0.2, -0.15) is 0 Å². The Kier molecular flexibility index (Phi) is 3.29. The third-order valence-corrected chi connectivity index (χ3v) is 2.73. The van der Waals surface area contributed by atoms with Crippen LogP contribution in [-0.2, 0) is 0 Å². The normalized spacial score (nSPS) is 10.2. The van der Waals surface area contributed by atoms with Crippen molar-refractivity contribution in [2.45, 2.75) is 0 Å². The minimum absolute atomic E-state index is 0.221. The minimum Gasteiger partial charge on any atom is -0.461 e. The van der Waals surface area contributed by atoms with E-state index in [1.165, 1.54) is 6.26 Å². The van der Waals surface area contributed by atoms with Gasteiger partial charge in [0.1, 0.15) is 5.75 Å². The van der Waals surface area contributed by atoms with Crippen LogP contribution in [0, 0.1) is 0 Å². The molecule has 0 aliphatic rings. The van der Waals surface area contributed by atoms with Gasteiger partial charge in [0.15, 0.2) is 5.76 Å². The fourth-order valence-electron chi connectivity index (χ4n) is 1.80. The Morgan fingerprint density at radius 1 is 1.00 bits per heavy atom. The van der Waals surface area contributed by atoms with Gasteiger partial charge in [-0.1, -0.05) is 18.2 Å². The Bertz CT molecular complexity index is 706. The van der Waals surface area contributed by atoms with E-state index in [2.05, 4.69) is 4.98 Å². The van der Waals surface area contributed by atoms with Gasteiger partial charge >= 0.3 is 0 Å². The predicted molar refractivity (Wildman–Crippen MR) is 72.9 cm³/mol. The number of aromatic nitrogens is 1. The highest BCUT2D eigenvalue weighted by Gasteiger charge is 2.17. The Morgan fingerprint density at radius 2 is 1.85 bits per heavy atom. The lowest BCUT2D eigenvalue weighted by Crippen LogP contribution is -2.02. The maximum atomic E-state index is 12.3. The van der Waals surface area contributed by atoms with Gasteiger partial charge < -0.3 is 9.15 Å². The summed E-state index contributed by atoms with van der Waals surface area (Å²) in [6.45, 7) is 0. The van der Waals surface area contributed by atoms with Crippen molar-refractivity contribution < 1.29 is 13.9 Å². The first-order valence-electron chi connectivity index (χ1n) is 6.11. The van der Waals surface area contributed by atoms with Crippen LogP contribution in [0.3, 0.4) is 0 Å². The highest BCUT2D eigenvalue weighted by Crippen LogP contribution is 2.25. The third-order valence-electron chi connectivity index (χ3n) is 2.73. The summed E-state index contributed by atoms with van der Waals surface area (Å²) in [6.07, 6.45) is 3.10. The van der Waals surface area contributed by atoms with E-state index in [4.69, 9.17) is 9.15 Å². The third kappa shape index (κ3) is 2.44. The van der Waals surface area contributed by atoms with E-state index in [1.807, 2.05) is 6.07 Å². The number of carbonyl (C=O) groups excluding carboxylic acids is 1. The molecular weight excluding hydrogens is 254 g/mol. The first kappa shape index (κ1) is 12.2. The molecule has 4 nitrogen and oxygen atoms in total. The number of pyridine rings is 1. The van der Waals surface area contributed by atoms with Crippen molar-refractivity contribution in [1.29, 1.82) is 0 Å². The molecule has 2 heterocycles. The Morgan fingerprint density at radius 3 is 2.60 bits per heavy atom. The predicted octanol–water partition coefficient (Wildman–Crippen LogP) is 3.70. The van der Waals surface area contributed by atoms with Gasteiger partial charge in [0.05, 0.1) is 11.8 Å². The smallest absolute Gasteiger partial charge is 0.231 e. The van der Waals surface area contributed by atoms with Crippen LogP contribution in [0.15, 0.2) is 71.5 Å². The highest BCUT2D eigenvalue weighted by atomic mass is 16.5. The van der Waals surface area contributed by atoms with Crippen LogP contribution in [-0.4, -0.2) is 10.8 Å². The van der Waals surface area contributed by atoms with Crippen LogP contribution in [0.25, 0.3) is 0 Å². The van der Waals surface area contributed by atoms with Crippen molar-refractivity contribution in [2.24, 2.45) is 0 Å². The molecule has 2 aromatic heterocycles. The number of rotatable bonds is 4. The average molecular weight is 265 g/mol. The van der Waals surface area contributed by atoms with E-state index in [1.54, 1.807) is 54.7 Å². The zero-order valence-corrected chi connectivity index (χ0v) is 10.5. The number of nitrogens with zero attached hydrogens (tertiary/aromatic N) is 1. The first-order chi connectivity index (χ1) is 9.84. The summed E-state index contributed by atoms with van der Waals surface area (Å²) in [6, 6.07) is 15.7. The Hall–Kier alpha value is -2.88. The zero-order chi connectivity index (χ0) is 13.8. The summed E-state index contributed by atoms with van der Waals surface area (Å²) in [5.41, 5.74) is 0.438. The van der Waals surface area contributed by atoms with Crippen molar-refractivity contribution in [3.8, 4) is 11.6 Å². The fourth-order valence-corrected chi connectivity index (χ4v) is 1.80. The van der Waals surface area contributed by atoms with Crippen LogP contribution in [0.2, 0.25) is 0 Å². The molecule has 4 heteroatoms. The Balaban J connectivity index is 1.95. The van der Waals surface area contributed by atoms with Gasteiger partial charge in [0, 0.05) is 12.3 Å². The number of carbonyl (C=O) groups is 1. The first-order valence-corrected chi connectivity index (χ1v) is 6.11. The molecule has 0 radical (unpaired) electrons. The number of benzene rings is 1. The quantitative estimate of drug-likeness (QED) is 0.675. The number of ether oxygens (including phenoxy) is 1. The second-order valence-corrected chi connectivity index (χ2v) is 4.07. The minimum atomic E-state index is -0.221. The SMILES string of the molecule is O=C(c1ccco1)c1ccccc1Oc1ccccn1. The number of para-hydroxylation sites is 1. The van der Waals surface area contributed by atoms with Crippen molar-refractivity contribution in [1.82, 2.24) is 4.98 Å². The highest BCUT2D eigenvalue weighted by molar-refractivity contribution is 6.08. The second-order valence-electron chi connectivity index (χ2n) is 4.07. The maximum Gasteiger partial charge on any atom is 0.231 e. The molecule has 0 fully saturated rings. The fraction of sp³-hybridized carbons (Fsp3) is 0. The lowest BCUT2D eigenvalue weighted by atomic mass is 10.1. The lowest BCUT2D eigenvalue weighted by Gasteiger charge is -2.08. The molecule has 3 rings (SSSR count). The number of hydrogen-bond donors (Lipinski definition) is 0. The summed E-state index contributed by atoms with van der Waals surface area (Å²) in [4.78, 5) is 16.4. The molecule has 3 aromatic rings. The largest absolute Gasteiger partial charge is 0.461 e. The summed E-state index contributed by atoms with van der Waals surface area (Å²) in [7, 11) is 0. The van der Waals surface area contributed by atoms with Gasteiger partial charge in [-0.25, -0.2) is 4.98 Å². The van der Waals surface area contributed by atoms with Crippen molar-refractivity contribution in [3.63, 3.8) is 0 Å². The van der Waals surface area contributed by atoms with E-state index in [0.29, 0.717) is 17.2 Å². The molecule has 0 aliphatic heterocycles. The number of ketones is 1. The molecule has 0 amide bonds. The van der Waals surface area contributed by atoms with Crippen molar-refractivity contribution >= 4 is 5.78 Å². The van der Waals surface area contributed by atoms with E-state index in [-0.39, 0.29) is 11.5 Å². The molecule has 0 spiro atoms. The number of furan rings is 1. The van der Waals surface area contributed by atoms with Gasteiger partial charge in [0.25, 0.3) is 0 Å². The molecule has 0 bridgehead atoms. The van der Waals surface area contributed by atoms with Crippen LogP contribution in [0.1, 0.15) is 16.1 Å². The molecule has 0 aliphatic carbocycles. The molecular formula is C16H11NO3. The van der Waals surface area contributed by atoms with Crippen molar-refractivity contribution in [3.05, 3.63) is 78.4 Å². The summed E-state index contributed by atoms with van der Waals surface area (Å²) in [5.74, 6) is 0.948. The van der Waals surface area contributed by atoms with Gasteiger partial charge in [-0.05, 0) is 30.3 Å². The van der Waals surface area contributed by atoms with Gasteiger partial charge in [0.2, 0.25) is 11.7 Å². The summed E-state index contributed by atoms with van der Waals surface area (Å²) in [5, 5.41) is 0. The second kappa shape index (κ2) is 5.40. The standard InChI is InChI=1S/C16H11NO3/c18-16(14-8-5-11-19-14)12-6-1-2-7-13(12)20-15-9-3-4-10-17-15/h1-11H. The molecule has 0 saturated carbocycles. The summed E-state index contributed by atoms with van der Waals surface area (Å²) >= 11 is 0. The van der Waals surface area contributed by atoms with Gasteiger partial charge in [-0.3, -0.25) is 4.79 Å². The average Bonchev–Trinajstić information content (AvgIpc) is 3.02. The van der Waals surface area contributed by atoms with E-state index >= 15 is 0 Å². The molecule has 0 unspecified atom stereocenters. The Labute approximate surface area is 115 Å². The molecule has 20 heavy (non-hydrogen) atoms. The zero-order valence-electron chi connectivity index (χ0n) is 10.5. The van der Waals surface area contributed by atoms with Crippen molar-refractivity contribution in [2.75, 3.05) is 0 Å². The maximum absolute atomic E-state index is 12.3. The van der Waals surface area contributed by atoms with Crippen LogP contribution in [0.5, 0.6) is 11.6 Å². The molecule has 0 N–H and O–H groups in total. The molecule has 98 valence electrons. The molecule has 1 aromatic carbocycles. The van der Waals surface area contributed by atoms with E-state index in [0.717, 1.165) is 0 Å². The lowest BCUT2D eigenvalue weighted by molar-refractivity contribution is 0.101. The number of hydrogen-bond acceptors (Lipinski definition) is 4. The topological polar surface area (TPSA) is 52.3 Å². The van der Waals surface area contributed by atoms with E-state index in [9.17, 15) is 4.79 Å². The van der Waals surface area contributed by atoms with E-state index < -0.39 is 0 Å². The molecule has 0 saturated heterocycles. The van der Waals surface area contributed by atoms with Crippen LogP contribution < -0.4 is 4.74 Å². The van der Waals surface area contributed by atoms with Crippen LogP contribution in [0.4, 0.5) is 0 Å². The molecule has 0 atom stereocenters. The monoisotopic (exact) mass is 265 g/mol. The van der Waals surface area contributed by atoms with Gasteiger partial charge in [-0.15, -0.1) is 0 Å².